The lowest BCUT2D eigenvalue weighted by Gasteiger charge is -2.27. The molecule has 0 bridgehead atoms. The van der Waals surface area contributed by atoms with Gasteiger partial charge in [-0.15, -0.1) is 0 Å². The molecule has 0 saturated carbocycles. The smallest absolute Gasteiger partial charge is 0.238 e. The number of anilines is 1. The van der Waals surface area contributed by atoms with Crippen LogP contribution in [0.5, 0.6) is 0 Å². The lowest BCUT2D eigenvalue weighted by molar-refractivity contribution is -0.133. The summed E-state index contributed by atoms with van der Waals surface area (Å²) in [6, 6.07) is 16.9. The number of nitrogens with zero attached hydrogens (tertiary/aromatic N) is 2. The van der Waals surface area contributed by atoms with Crippen molar-refractivity contribution in [2.75, 3.05) is 32.5 Å². The van der Waals surface area contributed by atoms with Crippen LogP contribution in [0.2, 0.25) is 5.02 Å². The van der Waals surface area contributed by atoms with Crippen LogP contribution in [0.1, 0.15) is 18.5 Å². The van der Waals surface area contributed by atoms with Crippen molar-refractivity contribution in [3.63, 3.8) is 0 Å². The van der Waals surface area contributed by atoms with Crippen LogP contribution in [-0.4, -0.2) is 48.8 Å². The van der Waals surface area contributed by atoms with E-state index in [0.29, 0.717) is 10.7 Å². The summed E-state index contributed by atoms with van der Waals surface area (Å²) >= 11 is 6.03. The highest BCUT2D eigenvalue weighted by atomic mass is 35.5. The van der Waals surface area contributed by atoms with Crippen LogP contribution >= 0.6 is 11.6 Å². The van der Waals surface area contributed by atoms with E-state index in [4.69, 9.17) is 11.6 Å². The van der Waals surface area contributed by atoms with E-state index in [-0.39, 0.29) is 30.9 Å². The van der Waals surface area contributed by atoms with Crippen molar-refractivity contribution in [2.45, 2.75) is 13.0 Å². The normalized spacial score (nSPS) is 11.9. The molecule has 0 unspecified atom stereocenters. The number of hydrogen-bond acceptors (Lipinski definition) is 3. The van der Waals surface area contributed by atoms with Gasteiger partial charge in [0, 0.05) is 7.05 Å². The van der Waals surface area contributed by atoms with Crippen molar-refractivity contribution < 1.29 is 9.59 Å². The van der Waals surface area contributed by atoms with Gasteiger partial charge in [0.2, 0.25) is 11.8 Å². The quantitative estimate of drug-likeness (QED) is 0.809. The maximum Gasteiger partial charge on any atom is 0.238 e. The van der Waals surface area contributed by atoms with Gasteiger partial charge in [0.25, 0.3) is 0 Å². The van der Waals surface area contributed by atoms with Gasteiger partial charge in [0.05, 0.1) is 29.8 Å². The predicted octanol–water partition coefficient (Wildman–Crippen LogP) is 3.43. The van der Waals surface area contributed by atoms with E-state index < -0.39 is 0 Å². The van der Waals surface area contributed by atoms with Crippen molar-refractivity contribution in [2.24, 2.45) is 0 Å². The molecule has 2 amide bonds. The van der Waals surface area contributed by atoms with E-state index in [0.717, 1.165) is 5.56 Å². The van der Waals surface area contributed by atoms with Gasteiger partial charge in [0.15, 0.2) is 0 Å². The van der Waals surface area contributed by atoms with Crippen LogP contribution in [0, 0.1) is 0 Å². The summed E-state index contributed by atoms with van der Waals surface area (Å²) in [7, 11) is 3.52. The highest BCUT2D eigenvalue weighted by Gasteiger charge is 2.19. The van der Waals surface area contributed by atoms with Crippen molar-refractivity contribution in [3.05, 3.63) is 65.2 Å². The van der Waals surface area contributed by atoms with Gasteiger partial charge in [0.1, 0.15) is 0 Å². The lowest BCUT2D eigenvalue weighted by Crippen LogP contribution is -2.40. The second-order valence-corrected chi connectivity index (χ2v) is 6.70. The number of likely N-dealkylation sites (N-methyl/N-ethyl adjacent to an activating group) is 2. The predicted molar refractivity (Wildman–Crippen MR) is 105 cm³/mol. The summed E-state index contributed by atoms with van der Waals surface area (Å²) in [4.78, 5) is 28.0. The zero-order valence-electron chi connectivity index (χ0n) is 15.3. The molecule has 2 aromatic carbocycles. The first kappa shape index (κ1) is 19.9. The van der Waals surface area contributed by atoms with E-state index >= 15 is 0 Å². The molecule has 0 heterocycles. The Kier molecular flexibility index (Phi) is 7.18. The number of halogens is 1. The molecule has 1 N–H and O–H groups in total. The van der Waals surface area contributed by atoms with Crippen LogP contribution in [0.15, 0.2) is 54.6 Å². The molecule has 26 heavy (non-hydrogen) atoms. The second kappa shape index (κ2) is 9.36. The molecule has 0 radical (unpaired) electrons. The summed E-state index contributed by atoms with van der Waals surface area (Å²) in [6.07, 6.45) is 0. The number of hydrogen-bond donors (Lipinski definition) is 1. The third kappa shape index (κ3) is 5.58. The zero-order chi connectivity index (χ0) is 19.1. The highest BCUT2D eigenvalue weighted by molar-refractivity contribution is 6.33. The molecule has 0 aliphatic rings. The largest absolute Gasteiger partial charge is 0.338 e. The topological polar surface area (TPSA) is 52.7 Å². The Balaban J connectivity index is 1.86. The molecule has 138 valence electrons. The molecule has 0 aromatic heterocycles. The molecular weight excluding hydrogens is 350 g/mol. The number of benzene rings is 2. The number of rotatable bonds is 7. The Hall–Kier alpha value is -2.37. The number of para-hydroxylation sites is 1. The highest BCUT2D eigenvalue weighted by Crippen LogP contribution is 2.20. The van der Waals surface area contributed by atoms with Gasteiger partial charge in [-0.3, -0.25) is 14.5 Å². The number of amides is 2. The molecule has 5 nitrogen and oxygen atoms in total. The van der Waals surface area contributed by atoms with E-state index in [1.54, 1.807) is 48.2 Å². The van der Waals surface area contributed by atoms with Gasteiger partial charge in [-0.1, -0.05) is 54.1 Å². The molecule has 0 aliphatic carbocycles. The summed E-state index contributed by atoms with van der Waals surface area (Å²) in [6.45, 7) is 2.24. The maximum atomic E-state index is 12.5. The Bertz CT molecular complexity index is 752. The van der Waals surface area contributed by atoms with Gasteiger partial charge in [-0.2, -0.15) is 0 Å². The van der Waals surface area contributed by atoms with Crippen molar-refractivity contribution in [1.29, 1.82) is 0 Å². The molecule has 0 saturated heterocycles. The van der Waals surface area contributed by atoms with Crippen LogP contribution in [0.25, 0.3) is 0 Å². The third-order valence-electron chi connectivity index (χ3n) is 4.22. The Morgan fingerprint density at radius 1 is 1.00 bits per heavy atom. The zero-order valence-corrected chi connectivity index (χ0v) is 16.0. The Morgan fingerprint density at radius 3 is 2.27 bits per heavy atom. The fourth-order valence-electron chi connectivity index (χ4n) is 2.57. The number of carbonyl (C=O) groups excluding carboxylic acids is 2. The SMILES string of the molecule is C[C@H](c1ccccc1)N(C)C(=O)CN(C)CC(=O)Nc1ccccc1Cl. The first-order chi connectivity index (χ1) is 12.4. The Morgan fingerprint density at radius 2 is 1.62 bits per heavy atom. The van der Waals surface area contributed by atoms with Crippen molar-refractivity contribution in [1.82, 2.24) is 9.80 Å². The Labute approximate surface area is 159 Å². The van der Waals surface area contributed by atoms with Gasteiger partial charge >= 0.3 is 0 Å². The molecule has 0 aliphatic heterocycles. The monoisotopic (exact) mass is 373 g/mol. The minimum atomic E-state index is -0.216. The van der Waals surface area contributed by atoms with Crippen LogP contribution in [0.3, 0.4) is 0 Å². The lowest BCUT2D eigenvalue weighted by atomic mass is 10.1. The molecule has 6 heteroatoms. The van der Waals surface area contributed by atoms with E-state index in [2.05, 4.69) is 5.32 Å². The van der Waals surface area contributed by atoms with Crippen molar-refractivity contribution in [3.8, 4) is 0 Å². The van der Waals surface area contributed by atoms with E-state index in [1.165, 1.54) is 0 Å². The summed E-state index contributed by atoms with van der Waals surface area (Å²) in [5.74, 6) is -0.262. The number of nitrogens with one attached hydrogen (secondary N) is 1. The first-order valence-corrected chi connectivity index (χ1v) is 8.80. The fraction of sp³-hybridized carbons (Fsp3) is 0.300. The van der Waals surface area contributed by atoms with Gasteiger partial charge in [-0.25, -0.2) is 0 Å². The van der Waals surface area contributed by atoms with Gasteiger partial charge in [-0.05, 0) is 31.7 Å². The summed E-state index contributed by atoms with van der Waals surface area (Å²) in [5.41, 5.74) is 1.64. The molecule has 0 fully saturated rings. The summed E-state index contributed by atoms with van der Waals surface area (Å²) < 4.78 is 0. The maximum absolute atomic E-state index is 12.5. The molecular formula is C20H24ClN3O2. The average molecular weight is 374 g/mol. The molecule has 2 rings (SSSR count). The average Bonchev–Trinajstić information content (AvgIpc) is 2.62. The molecule has 2 aromatic rings. The summed E-state index contributed by atoms with van der Waals surface area (Å²) in [5, 5.41) is 3.24. The fourth-order valence-corrected chi connectivity index (χ4v) is 2.75. The molecule has 0 spiro atoms. The minimum absolute atomic E-state index is 0.0333. The standard InChI is InChI=1S/C20H24ClN3O2/c1-15(16-9-5-4-6-10-16)24(3)20(26)14-23(2)13-19(25)22-18-12-8-7-11-17(18)21/h4-12,15H,13-14H2,1-3H3,(H,22,25)/t15-/m1/s1. The second-order valence-electron chi connectivity index (χ2n) is 6.29. The van der Waals surface area contributed by atoms with Crippen LogP contribution in [-0.2, 0) is 9.59 Å². The van der Waals surface area contributed by atoms with E-state index in [9.17, 15) is 9.59 Å². The van der Waals surface area contributed by atoms with Crippen molar-refractivity contribution >= 4 is 29.1 Å². The van der Waals surface area contributed by atoms with Gasteiger partial charge < -0.3 is 10.2 Å². The number of carbonyl (C=O) groups is 2. The molecule has 1 atom stereocenters. The third-order valence-corrected chi connectivity index (χ3v) is 4.55. The van der Waals surface area contributed by atoms with Crippen LogP contribution in [0.4, 0.5) is 5.69 Å². The minimum Gasteiger partial charge on any atom is -0.338 e. The van der Waals surface area contributed by atoms with E-state index in [1.807, 2.05) is 37.3 Å². The van der Waals surface area contributed by atoms with Crippen LogP contribution < -0.4 is 5.32 Å². The first-order valence-electron chi connectivity index (χ1n) is 8.42.